The van der Waals surface area contributed by atoms with Gasteiger partial charge in [-0.1, -0.05) is 97.3 Å². The second-order valence-corrected chi connectivity index (χ2v) is 10.1. The summed E-state index contributed by atoms with van der Waals surface area (Å²) in [6.45, 7) is 4.53. The SMILES string of the molecule is CC(C)CCCCCCCCCCCCCCCOC(=O)C(CC(=O)[O-])S(=O)(=O)[O-].[Na+].[Na+]. The molecule has 32 heavy (non-hydrogen) atoms. The van der Waals surface area contributed by atoms with E-state index < -0.39 is 33.7 Å². The van der Waals surface area contributed by atoms with Gasteiger partial charge in [-0.2, -0.15) is 0 Å². The first-order valence-electron chi connectivity index (χ1n) is 11.5. The van der Waals surface area contributed by atoms with Gasteiger partial charge in [0.05, 0.1) is 6.61 Å². The smallest absolute Gasteiger partial charge is 0.747 e. The Bertz CT molecular complexity index is 569. The first-order chi connectivity index (χ1) is 14.1. The van der Waals surface area contributed by atoms with E-state index in [1.165, 1.54) is 64.2 Å². The number of carbonyl (C=O) groups excluding carboxylic acids is 2. The van der Waals surface area contributed by atoms with Gasteiger partial charge in [0.15, 0.2) is 5.25 Å². The van der Waals surface area contributed by atoms with Crippen LogP contribution in [-0.2, 0) is 24.4 Å². The predicted octanol–water partition coefficient (Wildman–Crippen LogP) is -2.29. The van der Waals surface area contributed by atoms with Gasteiger partial charge >= 0.3 is 65.1 Å². The summed E-state index contributed by atoms with van der Waals surface area (Å²) >= 11 is 0. The minimum atomic E-state index is -5.08. The van der Waals surface area contributed by atoms with E-state index in [4.69, 9.17) is 4.74 Å². The molecule has 0 aliphatic carbocycles. The molecule has 1 unspecified atom stereocenters. The molecule has 0 aliphatic rings. The first-order valence-corrected chi connectivity index (χ1v) is 12.9. The van der Waals surface area contributed by atoms with Gasteiger partial charge in [0, 0.05) is 12.4 Å². The first kappa shape index (κ1) is 37.4. The number of carboxylic acid groups (broad SMARTS) is 1. The Morgan fingerprint density at radius 1 is 0.750 bits per heavy atom. The van der Waals surface area contributed by atoms with Gasteiger partial charge in [-0.25, -0.2) is 8.42 Å². The molecule has 0 fully saturated rings. The van der Waals surface area contributed by atoms with Crippen LogP contribution < -0.4 is 64.2 Å². The van der Waals surface area contributed by atoms with Crippen molar-refractivity contribution >= 4 is 22.1 Å². The molecular formula is C22H40Na2O7S. The standard InChI is InChI=1S/C22H42O7S.2Na/c1-19(2)16-14-12-10-8-6-4-3-5-7-9-11-13-15-17-29-22(25)20(18-21(23)24)30(26,27)28;;/h19-20H,3-18H2,1-2H3,(H,23,24)(H,26,27,28);;/q;2*+1/p-2. The Morgan fingerprint density at radius 2 is 1.12 bits per heavy atom. The molecule has 0 aliphatic heterocycles. The summed E-state index contributed by atoms with van der Waals surface area (Å²) in [6.07, 6.45) is 15.4. The minimum absolute atomic E-state index is 0. The van der Waals surface area contributed by atoms with Gasteiger partial charge in [-0.05, 0) is 12.3 Å². The number of unbranched alkanes of at least 4 members (excludes halogenated alkanes) is 12. The summed E-state index contributed by atoms with van der Waals surface area (Å²) in [6, 6.07) is 0. The Kier molecular flexibility index (Phi) is 27.6. The van der Waals surface area contributed by atoms with Crippen LogP contribution in [0.5, 0.6) is 0 Å². The summed E-state index contributed by atoms with van der Waals surface area (Å²) in [5.41, 5.74) is 0. The van der Waals surface area contributed by atoms with Crippen LogP contribution in [0.1, 0.15) is 110 Å². The van der Waals surface area contributed by atoms with E-state index in [1.54, 1.807) is 0 Å². The van der Waals surface area contributed by atoms with E-state index in [0.29, 0.717) is 6.42 Å². The zero-order valence-electron chi connectivity index (χ0n) is 20.7. The van der Waals surface area contributed by atoms with E-state index in [0.717, 1.165) is 25.2 Å². The molecule has 0 amide bonds. The van der Waals surface area contributed by atoms with Crippen LogP contribution in [0, 0.1) is 5.92 Å². The van der Waals surface area contributed by atoms with Crippen molar-refractivity contribution in [3.63, 3.8) is 0 Å². The van der Waals surface area contributed by atoms with E-state index >= 15 is 0 Å². The molecule has 0 saturated carbocycles. The number of esters is 1. The molecule has 0 aromatic heterocycles. The summed E-state index contributed by atoms with van der Waals surface area (Å²) < 4.78 is 37.6. The van der Waals surface area contributed by atoms with E-state index in [9.17, 15) is 27.7 Å². The fourth-order valence-electron chi connectivity index (χ4n) is 3.32. The number of rotatable bonds is 20. The van der Waals surface area contributed by atoms with Crippen molar-refractivity contribution in [2.45, 2.75) is 115 Å². The number of carboxylic acids is 1. The number of ether oxygens (including phenoxy) is 1. The summed E-state index contributed by atoms with van der Waals surface area (Å²) in [7, 11) is -5.08. The number of carbonyl (C=O) groups is 2. The molecule has 0 aromatic rings. The van der Waals surface area contributed by atoms with Gasteiger partial charge in [-0.3, -0.25) is 4.79 Å². The maximum absolute atomic E-state index is 11.6. The van der Waals surface area contributed by atoms with Crippen molar-refractivity contribution in [2.24, 2.45) is 5.92 Å². The van der Waals surface area contributed by atoms with Gasteiger partial charge < -0.3 is 19.2 Å². The van der Waals surface area contributed by atoms with Crippen LogP contribution in [-0.4, -0.2) is 36.8 Å². The molecular weight excluding hydrogens is 454 g/mol. The Morgan fingerprint density at radius 3 is 1.47 bits per heavy atom. The zero-order valence-corrected chi connectivity index (χ0v) is 25.6. The van der Waals surface area contributed by atoms with Crippen LogP contribution in [0.15, 0.2) is 0 Å². The second kappa shape index (κ2) is 23.6. The van der Waals surface area contributed by atoms with Crippen molar-refractivity contribution in [1.29, 1.82) is 0 Å². The van der Waals surface area contributed by atoms with Gasteiger partial charge in [0.2, 0.25) is 0 Å². The van der Waals surface area contributed by atoms with E-state index in [-0.39, 0.29) is 65.7 Å². The van der Waals surface area contributed by atoms with E-state index in [1.807, 2.05) is 0 Å². The van der Waals surface area contributed by atoms with Crippen LogP contribution in [0.2, 0.25) is 0 Å². The van der Waals surface area contributed by atoms with Crippen LogP contribution in [0.4, 0.5) is 0 Å². The van der Waals surface area contributed by atoms with Crippen LogP contribution in [0.3, 0.4) is 0 Å². The third kappa shape index (κ3) is 24.0. The molecule has 0 rings (SSSR count). The Balaban J connectivity index is -0.00000420. The monoisotopic (exact) mass is 494 g/mol. The van der Waals surface area contributed by atoms with Crippen molar-refractivity contribution in [2.75, 3.05) is 6.61 Å². The average Bonchev–Trinajstić information content (AvgIpc) is 2.64. The minimum Gasteiger partial charge on any atom is -0.747 e. The Hall–Kier alpha value is 0.850. The molecule has 0 heterocycles. The topological polar surface area (TPSA) is 124 Å². The number of aliphatic carboxylic acids is 1. The quantitative estimate of drug-likeness (QED) is 0.0808. The predicted molar refractivity (Wildman–Crippen MR) is 114 cm³/mol. The average molecular weight is 495 g/mol. The molecule has 0 N–H and O–H groups in total. The third-order valence-electron chi connectivity index (χ3n) is 5.13. The van der Waals surface area contributed by atoms with Crippen molar-refractivity contribution in [1.82, 2.24) is 0 Å². The van der Waals surface area contributed by atoms with Crippen molar-refractivity contribution < 1.29 is 91.5 Å². The fraction of sp³-hybridized carbons (Fsp3) is 0.909. The van der Waals surface area contributed by atoms with Crippen molar-refractivity contribution in [3.8, 4) is 0 Å². The molecule has 178 valence electrons. The van der Waals surface area contributed by atoms with Gasteiger partial charge in [-0.15, -0.1) is 0 Å². The third-order valence-corrected chi connectivity index (χ3v) is 6.19. The van der Waals surface area contributed by atoms with Gasteiger partial charge in [0.25, 0.3) is 0 Å². The fourth-order valence-corrected chi connectivity index (χ4v) is 3.96. The van der Waals surface area contributed by atoms with E-state index in [2.05, 4.69) is 13.8 Å². The molecule has 10 heteroatoms. The molecule has 1 atom stereocenters. The zero-order chi connectivity index (χ0) is 22.8. The summed E-state index contributed by atoms with van der Waals surface area (Å²) in [4.78, 5) is 22.1. The maximum Gasteiger partial charge on any atom is 1.00 e. The largest absolute Gasteiger partial charge is 1.00 e. The molecule has 0 bridgehead atoms. The number of hydrogen-bond acceptors (Lipinski definition) is 7. The Labute approximate surface area is 239 Å². The molecule has 0 radical (unpaired) electrons. The molecule has 7 nitrogen and oxygen atoms in total. The summed E-state index contributed by atoms with van der Waals surface area (Å²) in [5.74, 6) is -2.27. The summed E-state index contributed by atoms with van der Waals surface area (Å²) in [5, 5.41) is 8.24. The maximum atomic E-state index is 11.6. The molecule has 0 spiro atoms. The normalized spacial score (nSPS) is 12.0. The molecule has 0 aromatic carbocycles. The van der Waals surface area contributed by atoms with Gasteiger partial charge in [0.1, 0.15) is 10.1 Å². The number of hydrogen-bond donors (Lipinski definition) is 0. The second-order valence-electron chi connectivity index (χ2n) is 8.50. The van der Waals surface area contributed by atoms with Crippen molar-refractivity contribution in [3.05, 3.63) is 0 Å². The van der Waals surface area contributed by atoms with Crippen LogP contribution >= 0.6 is 0 Å². The van der Waals surface area contributed by atoms with Crippen LogP contribution in [0.25, 0.3) is 0 Å². The molecule has 0 saturated heterocycles.